The van der Waals surface area contributed by atoms with E-state index in [9.17, 15) is 9.18 Å². The monoisotopic (exact) mass is 443 g/mol. The summed E-state index contributed by atoms with van der Waals surface area (Å²) in [7, 11) is 1.41. The van der Waals surface area contributed by atoms with Crippen LogP contribution in [0.4, 0.5) is 10.4 Å². The van der Waals surface area contributed by atoms with Crippen LogP contribution >= 0.6 is 0 Å². The Kier molecular flexibility index (Phi) is 5.35. The van der Waals surface area contributed by atoms with E-state index in [1.54, 1.807) is 0 Å². The van der Waals surface area contributed by atoms with Crippen molar-refractivity contribution in [1.29, 1.82) is 0 Å². The van der Waals surface area contributed by atoms with Crippen molar-refractivity contribution in [2.45, 2.75) is 12.6 Å². The second kappa shape index (κ2) is 8.62. The summed E-state index contributed by atoms with van der Waals surface area (Å²) in [6.45, 7) is 0. The third-order valence-electron chi connectivity index (χ3n) is 5.19. The minimum absolute atomic E-state index is 0.0671. The molecule has 9 heteroatoms. The molecule has 33 heavy (non-hydrogen) atoms. The highest BCUT2D eigenvalue weighted by molar-refractivity contribution is 6.16. The van der Waals surface area contributed by atoms with Gasteiger partial charge in [0, 0.05) is 23.6 Å². The molecule has 1 unspecified atom stereocenters. The molecular weight excluding hydrogens is 425 g/mol. The number of hydrogen-bond acceptors (Lipinski definition) is 8. The van der Waals surface area contributed by atoms with Gasteiger partial charge in [0.25, 0.3) is 5.89 Å². The lowest BCUT2D eigenvalue weighted by molar-refractivity contribution is -0.119. The molecule has 164 valence electrons. The van der Waals surface area contributed by atoms with Crippen LogP contribution in [0.15, 0.2) is 76.3 Å². The molecular formula is C24H18FN5O3. The zero-order chi connectivity index (χ0) is 22.8. The number of halogens is 1. The number of nitrogens with one attached hydrogen (secondary N) is 1. The van der Waals surface area contributed by atoms with Crippen molar-refractivity contribution in [3.8, 4) is 17.3 Å². The van der Waals surface area contributed by atoms with E-state index in [2.05, 4.69) is 20.5 Å². The fourth-order valence-electron chi connectivity index (χ4n) is 3.58. The average Bonchev–Trinajstić information content (AvgIpc) is 3.25. The number of anilines is 1. The standard InChI is InChI=1S/C24H18FN5O3/c1-32-16-12-18(25)21(26-13-16)23-29-30-24(33-23)28-22-19(31)11-15-9-5-6-10-17(15)20(27-22)14-7-3-2-4-8-14/h2-10,12-13,22H,11H2,1H3,(H,28,30). The van der Waals surface area contributed by atoms with Gasteiger partial charge in [-0.1, -0.05) is 59.7 Å². The second-order valence-electron chi connectivity index (χ2n) is 7.31. The lowest BCUT2D eigenvalue weighted by Crippen LogP contribution is -2.29. The number of benzene rings is 2. The van der Waals surface area contributed by atoms with Crippen LogP contribution in [-0.4, -0.2) is 40.0 Å². The highest BCUT2D eigenvalue weighted by Crippen LogP contribution is 2.26. The first-order valence-electron chi connectivity index (χ1n) is 10.2. The van der Waals surface area contributed by atoms with E-state index in [0.717, 1.165) is 16.7 Å². The van der Waals surface area contributed by atoms with Crippen LogP contribution in [0.25, 0.3) is 11.6 Å². The zero-order valence-electron chi connectivity index (χ0n) is 17.5. The molecule has 0 bridgehead atoms. The molecule has 0 aliphatic carbocycles. The number of ketones is 1. The van der Waals surface area contributed by atoms with Crippen molar-refractivity contribution in [1.82, 2.24) is 15.2 Å². The third-order valence-corrected chi connectivity index (χ3v) is 5.19. The van der Waals surface area contributed by atoms with E-state index in [4.69, 9.17) is 14.1 Å². The molecule has 2 aromatic carbocycles. The summed E-state index contributed by atoms with van der Waals surface area (Å²) in [4.78, 5) is 21.7. The number of aromatic nitrogens is 3. The van der Waals surface area contributed by atoms with Gasteiger partial charge in [0.15, 0.2) is 23.5 Å². The van der Waals surface area contributed by atoms with Crippen LogP contribution in [0, 0.1) is 5.82 Å². The molecule has 0 fully saturated rings. The number of pyridine rings is 1. The van der Waals surface area contributed by atoms with Gasteiger partial charge in [-0.15, -0.1) is 5.10 Å². The number of ether oxygens (including phenoxy) is 1. The molecule has 2 aromatic heterocycles. The van der Waals surface area contributed by atoms with Crippen molar-refractivity contribution < 1.29 is 18.3 Å². The average molecular weight is 443 g/mol. The van der Waals surface area contributed by atoms with Crippen LogP contribution in [0.5, 0.6) is 5.75 Å². The molecule has 0 amide bonds. The maximum atomic E-state index is 14.3. The van der Waals surface area contributed by atoms with Gasteiger partial charge < -0.3 is 14.5 Å². The first-order chi connectivity index (χ1) is 16.1. The van der Waals surface area contributed by atoms with Crippen LogP contribution < -0.4 is 10.1 Å². The lowest BCUT2D eigenvalue weighted by Gasteiger charge is -2.11. The maximum absolute atomic E-state index is 14.3. The Balaban J connectivity index is 1.48. The van der Waals surface area contributed by atoms with Gasteiger partial charge in [0.05, 0.1) is 19.0 Å². The minimum atomic E-state index is -0.963. The molecule has 1 atom stereocenters. The summed E-state index contributed by atoms with van der Waals surface area (Å²) in [5.74, 6) is -0.702. The number of carbonyl (C=O) groups is 1. The first kappa shape index (κ1) is 20.5. The number of Topliss-reactive ketones (excluding diaryl/α,β-unsaturated/α-hetero) is 1. The van der Waals surface area contributed by atoms with Crippen LogP contribution in [-0.2, 0) is 11.2 Å². The molecule has 0 spiro atoms. The largest absolute Gasteiger partial charge is 0.495 e. The van der Waals surface area contributed by atoms with Crippen molar-refractivity contribution in [2.24, 2.45) is 4.99 Å². The van der Waals surface area contributed by atoms with E-state index in [1.165, 1.54) is 19.4 Å². The Bertz CT molecular complexity index is 1350. The van der Waals surface area contributed by atoms with E-state index in [0.29, 0.717) is 5.71 Å². The molecule has 1 aliphatic heterocycles. The molecule has 0 saturated heterocycles. The first-order valence-corrected chi connectivity index (χ1v) is 10.2. The third kappa shape index (κ3) is 4.08. The molecule has 1 aliphatic rings. The van der Waals surface area contributed by atoms with E-state index < -0.39 is 12.0 Å². The van der Waals surface area contributed by atoms with Gasteiger partial charge in [-0.3, -0.25) is 9.79 Å². The van der Waals surface area contributed by atoms with Gasteiger partial charge in [-0.05, 0) is 5.56 Å². The van der Waals surface area contributed by atoms with Crippen molar-refractivity contribution in [3.63, 3.8) is 0 Å². The number of hydrogen-bond donors (Lipinski definition) is 1. The highest BCUT2D eigenvalue weighted by atomic mass is 19.1. The van der Waals surface area contributed by atoms with E-state index in [-0.39, 0.29) is 35.6 Å². The molecule has 3 heterocycles. The van der Waals surface area contributed by atoms with Crippen molar-refractivity contribution in [2.75, 3.05) is 12.4 Å². The van der Waals surface area contributed by atoms with Crippen LogP contribution in [0.1, 0.15) is 16.7 Å². The molecule has 0 radical (unpaired) electrons. The fraction of sp³-hybridized carbons (Fsp3) is 0.125. The molecule has 0 saturated carbocycles. The normalized spacial score (nSPS) is 15.4. The number of nitrogens with zero attached hydrogens (tertiary/aromatic N) is 4. The van der Waals surface area contributed by atoms with Gasteiger partial charge >= 0.3 is 6.01 Å². The Morgan fingerprint density at radius 1 is 1.09 bits per heavy atom. The predicted molar refractivity (Wildman–Crippen MR) is 119 cm³/mol. The quantitative estimate of drug-likeness (QED) is 0.502. The van der Waals surface area contributed by atoms with Crippen molar-refractivity contribution in [3.05, 3.63) is 89.4 Å². The lowest BCUT2D eigenvalue weighted by atomic mass is 9.96. The maximum Gasteiger partial charge on any atom is 0.317 e. The number of carbonyl (C=O) groups excluding carboxylic acids is 1. The van der Waals surface area contributed by atoms with Gasteiger partial charge in [-0.25, -0.2) is 9.37 Å². The minimum Gasteiger partial charge on any atom is -0.495 e. The highest BCUT2D eigenvalue weighted by Gasteiger charge is 2.27. The SMILES string of the molecule is COc1cnc(-c2nnc(NC3N=C(c4ccccc4)c4ccccc4CC3=O)o2)c(F)c1. The number of rotatable bonds is 5. The predicted octanol–water partition coefficient (Wildman–Crippen LogP) is 3.68. The summed E-state index contributed by atoms with van der Waals surface area (Å²) >= 11 is 0. The Hall–Kier alpha value is -4.40. The second-order valence-corrected chi connectivity index (χ2v) is 7.31. The fourth-order valence-corrected chi connectivity index (χ4v) is 3.58. The van der Waals surface area contributed by atoms with E-state index >= 15 is 0 Å². The molecule has 5 rings (SSSR count). The Labute approximate surface area is 188 Å². The summed E-state index contributed by atoms with van der Waals surface area (Å²) in [6.07, 6.45) is 0.566. The zero-order valence-corrected chi connectivity index (χ0v) is 17.5. The van der Waals surface area contributed by atoms with Gasteiger partial charge in [-0.2, -0.15) is 0 Å². The van der Waals surface area contributed by atoms with Gasteiger partial charge in [0.2, 0.25) is 0 Å². The van der Waals surface area contributed by atoms with Crippen LogP contribution in [0.2, 0.25) is 0 Å². The number of methoxy groups -OCH3 is 1. The Morgan fingerprint density at radius 3 is 2.67 bits per heavy atom. The Morgan fingerprint density at radius 2 is 1.88 bits per heavy atom. The number of aliphatic imine (C=N–C) groups is 1. The molecule has 4 aromatic rings. The smallest absolute Gasteiger partial charge is 0.317 e. The molecule has 1 N–H and O–H groups in total. The summed E-state index contributed by atoms with van der Waals surface area (Å²) < 4.78 is 24.8. The van der Waals surface area contributed by atoms with Crippen LogP contribution in [0.3, 0.4) is 0 Å². The molecule has 8 nitrogen and oxygen atoms in total. The summed E-state index contributed by atoms with van der Waals surface area (Å²) in [5, 5.41) is 10.6. The number of fused-ring (bicyclic) bond motifs is 1. The van der Waals surface area contributed by atoms with E-state index in [1.807, 2.05) is 54.6 Å². The topological polar surface area (TPSA) is 103 Å². The van der Waals surface area contributed by atoms with Gasteiger partial charge in [0.1, 0.15) is 5.75 Å². The summed E-state index contributed by atoms with van der Waals surface area (Å²) in [5.41, 5.74) is 3.20. The van der Waals surface area contributed by atoms with Crippen molar-refractivity contribution >= 4 is 17.5 Å². The summed E-state index contributed by atoms with van der Waals surface area (Å²) in [6, 6.07) is 18.4.